The summed E-state index contributed by atoms with van der Waals surface area (Å²) in [5.74, 6) is 2.75. The van der Waals surface area contributed by atoms with Crippen LogP contribution in [0.2, 0.25) is 0 Å². The molecule has 0 saturated heterocycles. The maximum atomic E-state index is 5.01. The van der Waals surface area contributed by atoms with E-state index >= 15 is 0 Å². The number of ether oxygens (including phenoxy) is 1. The molecule has 84 valence electrons. The number of hydrogen-bond acceptors (Lipinski definition) is 2. The van der Waals surface area contributed by atoms with Crippen LogP contribution in [-0.2, 0) is 4.74 Å². The SMILES string of the molecule is COCCNCC1CCC(C)C(C)C1. The highest BCUT2D eigenvalue weighted by Gasteiger charge is 2.23. The normalized spacial score (nSPS) is 33.2. The topological polar surface area (TPSA) is 21.3 Å². The second kappa shape index (κ2) is 6.41. The van der Waals surface area contributed by atoms with Crippen molar-refractivity contribution in [1.29, 1.82) is 0 Å². The lowest BCUT2D eigenvalue weighted by Gasteiger charge is -2.32. The van der Waals surface area contributed by atoms with Crippen molar-refractivity contribution in [2.45, 2.75) is 33.1 Å². The summed E-state index contributed by atoms with van der Waals surface area (Å²) < 4.78 is 5.01. The van der Waals surface area contributed by atoms with Crippen molar-refractivity contribution in [2.75, 3.05) is 26.8 Å². The van der Waals surface area contributed by atoms with Gasteiger partial charge in [-0.3, -0.25) is 0 Å². The van der Waals surface area contributed by atoms with E-state index < -0.39 is 0 Å². The minimum absolute atomic E-state index is 0.832. The fraction of sp³-hybridized carbons (Fsp3) is 1.00. The molecule has 2 heteroatoms. The molecule has 0 aliphatic heterocycles. The van der Waals surface area contributed by atoms with Gasteiger partial charge in [0.25, 0.3) is 0 Å². The molecule has 1 fully saturated rings. The summed E-state index contributed by atoms with van der Waals surface area (Å²) in [4.78, 5) is 0. The van der Waals surface area contributed by atoms with Crippen molar-refractivity contribution in [1.82, 2.24) is 5.32 Å². The van der Waals surface area contributed by atoms with Gasteiger partial charge in [0, 0.05) is 13.7 Å². The van der Waals surface area contributed by atoms with Crippen molar-refractivity contribution < 1.29 is 4.74 Å². The quantitative estimate of drug-likeness (QED) is 0.686. The van der Waals surface area contributed by atoms with Crippen molar-refractivity contribution >= 4 is 0 Å². The molecule has 0 radical (unpaired) electrons. The van der Waals surface area contributed by atoms with E-state index in [1.54, 1.807) is 7.11 Å². The van der Waals surface area contributed by atoms with Crippen LogP contribution < -0.4 is 5.32 Å². The van der Waals surface area contributed by atoms with E-state index in [0.717, 1.165) is 30.9 Å². The lowest BCUT2D eigenvalue weighted by atomic mass is 9.76. The molecular formula is C12H25NO. The van der Waals surface area contributed by atoms with E-state index in [4.69, 9.17) is 4.74 Å². The van der Waals surface area contributed by atoms with Gasteiger partial charge in [0.05, 0.1) is 6.61 Å². The first-order chi connectivity index (χ1) is 6.74. The number of nitrogens with one attached hydrogen (secondary N) is 1. The third kappa shape index (κ3) is 3.97. The van der Waals surface area contributed by atoms with Crippen molar-refractivity contribution in [3.63, 3.8) is 0 Å². The third-order valence-corrected chi connectivity index (χ3v) is 3.62. The van der Waals surface area contributed by atoms with E-state index in [-0.39, 0.29) is 0 Å². The maximum absolute atomic E-state index is 5.01. The molecule has 0 aromatic heterocycles. The molecule has 2 nitrogen and oxygen atoms in total. The van der Waals surface area contributed by atoms with Gasteiger partial charge in [-0.15, -0.1) is 0 Å². The van der Waals surface area contributed by atoms with E-state index in [1.165, 1.54) is 25.8 Å². The monoisotopic (exact) mass is 199 g/mol. The minimum Gasteiger partial charge on any atom is -0.383 e. The van der Waals surface area contributed by atoms with E-state index in [9.17, 15) is 0 Å². The zero-order valence-corrected chi connectivity index (χ0v) is 9.88. The van der Waals surface area contributed by atoms with Gasteiger partial charge in [0.15, 0.2) is 0 Å². The predicted octanol–water partition coefficient (Wildman–Crippen LogP) is 2.29. The molecule has 0 aromatic rings. The summed E-state index contributed by atoms with van der Waals surface area (Å²) in [6.45, 7) is 7.79. The average molecular weight is 199 g/mol. The van der Waals surface area contributed by atoms with E-state index in [0.29, 0.717) is 0 Å². The summed E-state index contributed by atoms with van der Waals surface area (Å²) in [5.41, 5.74) is 0. The summed E-state index contributed by atoms with van der Waals surface area (Å²) >= 11 is 0. The van der Waals surface area contributed by atoms with Crippen LogP contribution in [0.3, 0.4) is 0 Å². The first kappa shape index (κ1) is 12.0. The molecular weight excluding hydrogens is 174 g/mol. The van der Waals surface area contributed by atoms with Crippen LogP contribution in [0.1, 0.15) is 33.1 Å². The number of rotatable bonds is 5. The van der Waals surface area contributed by atoms with Gasteiger partial charge in [0.1, 0.15) is 0 Å². The van der Waals surface area contributed by atoms with Crippen LogP contribution in [0.4, 0.5) is 0 Å². The largest absolute Gasteiger partial charge is 0.383 e. The van der Waals surface area contributed by atoms with Crippen LogP contribution in [-0.4, -0.2) is 26.8 Å². The first-order valence-electron chi connectivity index (χ1n) is 5.93. The zero-order valence-electron chi connectivity index (χ0n) is 9.88. The highest BCUT2D eigenvalue weighted by atomic mass is 16.5. The fourth-order valence-electron chi connectivity index (χ4n) is 2.32. The molecule has 3 unspecified atom stereocenters. The standard InChI is InChI=1S/C12H25NO/c1-10-4-5-12(8-11(10)2)9-13-6-7-14-3/h10-13H,4-9H2,1-3H3. The Morgan fingerprint density at radius 3 is 2.64 bits per heavy atom. The summed E-state index contributed by atoms with van der Waals surface area (Å²) in [6.07, 6.45) is 4.23. The molecule has 0 heterocycles. The number of methoxy groups -OCH3 is 1. The molecule has 1 N–H and O–H groups in total. The highest BCUT2D eigenvalue weighted by molar-refractivity contribution is 4.76. The smallest absolute Gasteiger partial charge is 0.0587 e. The molecule has 1 aliphatic carbocycles. The number of hydrogen-bond donors (Lipinski definition) is 1. The third-order valence-electron chi connectivity index (χ3n) is 3.62. The van der Waals surface area contributed by atoms with Crippen LogP contribution in [0.25, 0.3) is 0 Å². The summed E-state index contributed by atoms with van der Waals surface area (Å²) in [7, 11) is 1.76. The molecule has 0 amide bonds. The lowest BCUT2D eigenvalue weighted by Crippen LogP contribution is -2.31. The van der Waals surface area contributed by atoms with Gasteiger partial charge in [0.2, 0.25) is 0 Å². The molecule has 1 rings (SSSR count). The molecule has 3 atom stereocenters. The Balaban J connectivity index is 2.07. The van der Waals surface area contributed by atoms with Gasteiger partial charge >= 0.3 is 0 Å². The van der Waals surface area contributed by atoms with Crippen LogP contribution in [0.5, 0.6) is 0 Å². The summed E-state index contributed by atoms with van der Waals surface area (Å²) in [6, 6.07) is 0. The van der Waals surface area contributed by atoms with Crippen LogP contribution in [0, 0.1) is 17.8 Å². The van der Waals surface area contributed by atoms with Gasteiger partial charge in [-0.05, 0) is 37.1 Å². The van der Waals surface area contributed by atoms with Crippen LogP contribution >= 0.6 is 0 Å². The van der Waals surface area contributed by atoms with Gasteiger partial charge in [-0.1, -0.05) is 20.3 Å². The molecule has 1 saturated carbocycles. The Bertz CT molecular complexity index is 149. The van der Waals surface area contributed by atoms with E-state index in [2.05, 4.69) is 19.2 Å². The zero-order chi connectivity index (χ0) is 10.4. The Labute approximate surface area is 88.4 Å². The van der Waals surface area contributed by atoms with Gasteiger partial charge in [-0.2, -0.15) is 0 Å². The average Bonchev–Trinajstić information content (AvgIpc) is 2.18. The van der Waals surface area contributed by atoms with Gasteiger partial charge in [-0.25, -0.2) is 0 Å². The molecule has 0 spiro atoms. The van der Waals surface area contributed by atoms with Crippen molar-refractivity contribution in [3.05, 3.63) is 0 Å². The minimum atomic E-state index is 0.832. The van der Waals surface area contributed by atoms with E-state index in [1.807, 2.05) is 0 Å². The molecule has 1 aliphatic rings. The second-order valence-corrected chi connectivity index (χ2v) is 4.83. The second-order valence-electron chi connectivity index (χ2n) is 4.83. The molecule has 14 heavy (non-hydrogen) atoms. The molecule has 0 bridgehead atoms. The summed E-state index contributed by atoms with van der Waals surface area (Å²) in [5, 5.41) is 3.47. The first-order valence-corrected chi connectivity index (χ1v) is 5.93. The fourth-order valence-corrected chi connectivity index (χ4v) is 2.32. The van der Waals surface area contributed by atoms with Crippen molar-refractivity contribution in [3.8, 4) is 0 Å². The van der Waals surface area contributed by atoms with Gasteiger partial charge < -0.3 is 10.1 Å². The maximum Gasteiger partial charge on any atom is 0.0587 e. The lowest BCUT2D eigenvalue weighted by molar-refractivity contribution is 0.183. The Morgan fingerprint density at radius 2 is 2.00 bits per heavy atom. The van der Waals surface area contributed by atoms with Crippen LogP contribution in [0.15, 0.2) is 0 Å². The Kier molecular flexibility index (Phi) is 5.49. The Hall–Kier alpha value is -0.0800. The highest BCUT2D eigenvalue weighted by Crippen LogP contribution is 2.32. The molecule has 0 aromatic carbocycles. The van der Waals surface area contributed by atoms with Crippen molar-refractivity contribution in [2.24, 2.45) is 17.8 Å². The predicted molar refractivity (Wildman–Crippen MR) is 60.4 cm³/mol. The Morgan fingerprint density at radius 1 is 1.21 bits per heavy atom.